The van der Waals surface area contributed by atoms with Gasteiger partial charge in [-0.25, -0.2) is 0 Å². The molecule has 2 aromatic carbocycles. The Labute approximate surface area is 117 Å². The van der Waals surface area contributed by atoms with Crippen LogP contribution < -0.4 is 14.0 Å². The zero-order valence-electron chi connectivity index (χ0n) is 11.1. The monoisotopic (exact) mass is 264 g/mol. The minimum absolute atomic E-state index is 0.446. The van der Waals surface area contributed by atoms with Crippen LogP contribution in [0.2, 0.25) is 0 Å². The lowest BCUT2D eigenvalue weighted by Gasteiger charge is -2.10. The normalized spacial score (nSPS) is 16.1. The van der Waals surface area contributed by atoms with Gasteiger partial charge in [-0.1, -0.05) is 24.3 Å². The highest BCUT2D eigenvalue weighted by Gasteiger charge is 2.37. The van der Waals surface area contributed by atoms with Gasteiger partial charge in [0.25, 0.3) is 5.52 Å². The van der Waals surface area contributed by atoms with Crippen LogP contribution >= 0.6 is 0 Å². The quantitative estimate of drug-likeness (QED) is 0.662. The van der Waals surface area contributed by atoms with Crippen LogP contribution in [-0.4, -0.2) is 0 Å². The second-order valence-electron chi connectivity index (χ2n) is 4.89. The number of nitrogens with zero attached hydrogens (tertiary/aromatic N) is 1. The first-order chi connectivity index (χ1) is 9.83. The van der Waals surface area contributed by atoms with Crippen LogP contribution in [0.25, 0.3) is 10.9 Å². The highest BCUT2D eigenvalue weighted by atomic mass is 16.7. The van der Waals surface area contributed by atoms with E-state index in [-0.39, 0.29) is 0 Å². The smallest absolute Gasteiger partial charge is 0.402 e. The van der Waals surface area contributed by atoms with Crippen molar-refractivity contribution in [3.05, 3.63) is 66.4 Å². The molecule has 98 valence electrons. The largest absolute Gasteiger partial charge is 0.468 e. The third-order valence-electron chi connectivity index (χ3n) is 3.57. The van der Waals surface area contributed by atoms with E-state index in [9.17, 15) is 0 Å². The molecule has 1 aromatic heterocycles. The molecule has 0 aliphatic carbocycles. The highest BCUT2D eigenvalue weighted by Crippen LogP contribution is 2.32. The molecule has 3 aromatic rings. The van der Waals surface area contributed by atoms with Crippen molar-refractivity contribution in [2.75, 3.05) is 0 Å². The Balaban J connectivity index is 1.82. The molecule has 2 heterocycles. The minimum Gasteiger partial charge on any atom is -0.402 e. The van der Waals surface area contributed by atoms with Gasteiger partial charge >= 0.3 is 6.41 Å². The SMILES string of the molecule is Cc1ccc2cccc3c2[n+]1C(Oc1ccccc1)O3. The Morgan fingerprint density at radius 1 is 0.950 bits per heavy atom. The molecule has 0 saturated carbocycles. The molecular weight excluding hydrogens is 250 g/mol. The summed E-state index contributed by atoms with van der Waals surface area (Å²) in [5, 5.41) is 1.16. The molecule has 0 N–H and O–H groups in total. The van der Waals surface area contributed by atoms with Crippen molar-refractivity contribution in [1.82, 2.24) is 0 Å². The number of aromatic nitrogens is 1. The van der Waals surface area contributed by atoms with Crippen LogP contribution in [0, 0.1) is 6.92 Å². The van der Waals surface area contributed by atoms with E-state index < -0.39 is 6.41 Å². The van der Waals surface area contributed by atoms with Gasteiger partial charge in [0.15, 0.2) is 5.69 Å². The maximum atomic E-state index is 5.97. The number of ether oxygens (including phenoxy) is 2. The van der Waals surface area contributed by atoms with E-state index in [0.717, 1.165) is 28.1 Å². The summed E-state index contributed by atoms with van der Waals surface area (Å²) in [5.41, 5.74) is 2.21. The zero-order valence-corrected chi connectivity index (χ0v) is 11.1. The Morgan fingerprint density at radius 2 is 1.80 bits per heavy atom. The summed E-state index contributed by atoms with van der Waals surface area (Å²) < 4.78 is 14.0. The number of rotatable bonds is 2. The summed E-state index contributed by atoms with van der Waals surface area (Å²) in [5.74, 6) is 1.67. The van der Waals surface area contributed by atoms with E-state index in [1.54, 1.807) is 0 Å². The van der Waals surface area contributed by atoms with Crippen molar-refractivity contribution in [2.24, 2.45) is 0 Å². The fraction of sp³-hybridized carbons (Fsp3) is 0.118. The van der Waals surface area contributed by atoms with Crippen molar-refractivity contribution in [1.29, 1.82) is 0 Å². The third kappa shape index (κ3) is 1.63. The summed E-state index contributed by atoms with van der Waals surface area (Å²) in [6.07, 6.45) is -0.446. The van der Waals surface area contributed by atoms with Crippen molar-refractivity contribution in [3.63, 3.8) is 0 Å². The van der Waals surface area contributed by atoms with Gasteiger partial charge in [0.1, 0.15) is 5.75 Å². The van der Waals surface area contributed by atoms with Gasteiger partial charge in [0, 0.05) is 13.0 Å². The zero-order chi connectivity index (χ0) is 13.5. The van der Waals surface area contributed by atoms with Crippen LogP contribution in [0.3, 0.4) is 0 Å². The van der Waals surface area contributed by atoms with E-state index in [1.165, 1.54) is 0 Å². The maximum absolute atomic E-state index is 5.97. The molecule has 0 amide bonds. The second kappa shape index (κ2) is 4.23. The lowest BCUT2D eigenvalue weighted by atomic mass is 10.2. The van der Waals surface area contributed by atoms with E-state index in [1.807, 2.05) is 42.5 Å². The summed E-state index contributed by atoms with van der Waals surface area (Å²) >= 11 is 0. The predicted octanol–water partition coefficient (Wildman–Crippen LogP) is 3.36. The Kier molecular flexibility index (Phi) is 2.39. The summed E-state index contributed by atoms with van der Waals surface area (Å²) in [4.78, 5) is 0. The van der Waals surface area contributed by atoms with Crippen LogP contribution in [-0.2, 0) is 0 Å². The van der Waals surface area contributed by atoms with E-state index in [2.05, 4.69) is 29.7 Å². The number of pyridine rings is 1. The van der Waals surface area contributed by atoms with Gasteiger partial charge in [-0.3, -0.25) is 0 Å². The standard InChI is InChI=1S/C17H14NO2/c1-12-10-11-13-6-5-9-15-16(13)18(12)17(20-15)19-14-7-3-2-4-8-14/h2-11,17H,1H3/q+1. The molecule has 0 saturated heterocycles. The molecular formula is C17H14NO2+. The number of hydrogen-bond donors (Lipinski definition) is 0. The molecule has 1 aliphatic heterocycles. The van der Waals surface area contributed by atoms with Gasteiger partial charge in [0.2, 0.25) is 5.75 Å². The molecule has 3 nitrogen and oxygen atoms in total. The first-order valence-electron chi connectivity index (χ1n) is 6.65. The lowest BCUT2D eigenvalue weighted by molar-refractivity contribution is -0.758. The first kappa shape index (κ1) is 11.3. The summed E-state index contributed by atoms with van der Waals surface area (Å²) in [6, 6.07) is 20.0. The third-order valence-corrected chi connectivity index (χ3v) is 3.57. The van der Waals surface area contributed by atoms with Crippen LogP contribution in [0.15, 0.2) is 60.7 Å². The first-order valence-corrected chi connectivity index (χ1v) is 6.65. The summed E-state index contributed by atoms with van der Waals surface area (Å²) in [6.45, 7) is 2.06. The molecule has 4 rings (SSSR count). The van der Waals surface area contributed by atoms with Gasteiger partial charge < -0.3 is 9.47 Å². The molecule has 1 aliphatic rings. The molecule has 3 heteroatoms. The van der Waals surface area contributed by atoms with E-state index in [0.29, 0.717) is 0 Å². The van der Waals surface area contributed by atoms with Crippen molar-refractivity contribution < 1.29 is 14.0 Å². The van der Waals surface area contributed by atoms with Crippen LogP contribution in [0.4, 0.5) is 0 Å². The lowest BCUT2D eigenvalue weighted by Crippen LogP contribution is -2.44. The average Bonchev–Trinajstić information content (AvgIpc) is 2.84. The van der Waals surface area contributed by atoms with Gasteiger partial charge in [0.05, 0.1) is 5.39 Å². The highest BCUT2D eigenvalue weighted by molar-refractivity contribution is 5.82. The molecule has 1 unspecified atom stereocenters. The Morgan fingerprint density at radius 3 is 2.65 bits per heavy atom. The molecule has 0 bridgehead atoms. The number of hydrogen-bond acceptors (Lipinski definition) is 2. The van der Waals surface area contributed by atoms with Crippen molar-refractivity contribution in [2.45, 2.75) is 13.3 Å². The summed E-state index contributed by atoms with van der Waals surface area (Å²) in [7, 11) is 0. The van der Waals surface area contributed by atoms with Crippen molar-refractivity contribution >= 4 is 10.9 Å². The fourth-order valence-electron chi connectivity index (χ4n) is 2.62. The fourth-order valence-corrected chi connectivity index (χ4v) is 2.62. The topological polar surface area (TPSA) is 22.3 Å². The minimum atomic E-state index is -0.446. The Hall–Kier alpha value is -2.55. The number of para-hydroxylation sites is 2. The molecule has 0 radical (unpaired) electrons. The van der Waals surface area contributed by atoms with E-state index in [4.69, 9.17) is 9.47 Å². The average molecular weight is 264 g/mol. The second-order valence-corrected chi connectivity index (χ2v) is 4.89. The number of aryl methyl sites for hydroxylation is 1. The van der Waals surface area contributed by atoms with Crippen LogP contribution in [0.1, 0.15) is 12.1 Å². The molecule has 0 spiro atoms. The van der Waals surface area contributed by atoms with Gasteiger partial charge in [-0.05, 0) is 30.3 Å². The van der Waals surface area contributed by atoms with Gasteiger partial charge in [-0.15, -0.1) is 4.57 Å². The Bertz CT molecular complexity index is 784. The van der Waals surface area contributed by atoms with Gasteiger partial charge in [-0.2, -0.15) is 0 Å². The van der Waals surface area contributed by atoms with Crippen molar-refractivity contribution in [3.8, 4) is 11.5 Å². The predicted molar refractivity (Wildman–Crippen MR) is 75.6 cm³/mol. The molecule has 20 heavy (non-hydrogen) atoms. The molecule has 1 atom stereocenters. The van der Waals surface area contributed by atoms with Crippen LogP contribution in [0.5, 0.6) is 11.5 Å². The molecule has 0 fully saturated rings. The van der Waals surface area contributed by atoms with E-state index >= 15 is 0 Å². The maximum Gasteiger partial charge on any atom is 0.468 e. The number of benzene rings is 2.